The van der Waals surface area contributed by atoms with Gasteiger partial charge in [0.2, 0.25) is 0 Å². The summed E-state index contributed by atoms with van der Waals surface area (Å²) in [6.07, 6.45) is 1.41. The molecule has 1 unspecified atom stereocenters. The molecule has 1 aromatic rings. The highest BCUT2D eigenvalue weighted by molar-refractivity contribution is 8.00. The fourth-order valence-corrected chi connectivity index (χ4v) is 3.17. The lowest BCUT2D eigenvalue weighted by Crippen LogP contribution is -2.06. The number of hydrogen-bond acceptors (Lipinski definition) is 3. The molecule has 14 heavy (non-hydrogen) atoms. The van der Waals surface area contributed by atoms with Crippen molar-refractivity contribution in [3.63, 3.8) is 0 Å². The van der Waals surface area contributed by atoms with Gasteiger partial charge in [0.05, 0.1) is 0 Å². The van der Waals surface area contributed by atoms with Gasteiger partial charge in [0.15, 0.2) is 0 Å². The second-order valence-electron chi connectivity index (χ2n) is 3.60. The lowest BCUT2D eigenvalue weighted by molar-refractivity contribution is -0.116. The van der Waals surface area contributed by atoms with Crippen LogP contribution >= 0.6 is 11.8 Å². The van der Waals surface area contributed by atoms with E-state index in [-0.39, 0.29) is 5.78 Å². The third-order valence-electron chi connectivity index (χ3n) is 2.35. The van der Waals surface area contributed by atoms with E-state index in [1.807, 2.05) is 12.1 Å². The zero-order chi connectivity index (χ0) is 10.1. The van der Waals surface area contributed by atoms with Gasteiger partial charge in [-0.05, 0) is 25.5 Å². The summed E-state index contributed by atoms with van der Waals surface area (Å²) in [4.78, 5) is 12.1. The van der Waals surface area contributed by atoms with Gasteiger partial charge < -0.3 is 5.11 Å². The van der Waals surface area contributed by atoms with Crippen LogP contribution in [0.4, 0.5) is 0 Å². The molecule has 0 aromatic heterocycles. The van der Waals surface area contributed by atoms with Crippen molar-refractivity contribution in [2.45, 2.75) is 29.9 Å². The first-order chi connectivity index (χ1) is 6.66. The molecule has 1 N–H and O–H groups in total. The third kappa shape index (κ3) is 1.77. The van der Waals surface area contributed by atoms with Crippen LogP contribution in [0.25, 0.3) is 0 Å². The molecule has 0 radical (unpaired) electrons. The first kappa shape index (κ1) is 9.59. The van der Waals surface area contributed by atoms with Gasteiger partial charge in [-0.3, -0.25) is 4.79 Å². The summed E-state index contributed by atoms with van der Waals surface area (Å²) in [6, 6.07) is 5.55. The molecule has 0 amide bonds. The van der Waals surface area contributed by atoms with Crippen molar-refractivity contribution in [2.75, 3.05) is 0 Å². The molecule has 1 aliphatic rings. The van der Waals surface area contributed by atoms with Crippen molar-refractivity contribution in [3.05, 3.63) is 23.8 Å². The fourth-order valence-electron chi connectivity index (χ4n) is 1.75. The Labute approximate surface area is 87.3 Å². The Balaban J connectivity index is 2.18. The minimum Gasteiger partial charge on any atom is -0.508 e. The standard InChI is InChI=1S/C11H12O2S/c1-7(12)5-8-6-9-10(13)3-2-4-11(9)14-8/h2-4,8,13H,5-6H2,1H3. The molecule has 0 fully saturated rings. The van der Waals surface area contributed by atoms with Gasteiger partial charge in [0.1, 0.15) is 11.5 Å². The number of ketones is 1. The molecule has 0 saturated heterocycles. The van der Waals surface area contributed by atoms with E-state index in [1.54, 1.807) is 24.8 Å². The van der Waals surface area contributed by atoms with Crippen LogP contribution in [0.3, 0.4) is 0 Å². The van der Waals surface area contributed by atoms with Gasteiger partial charge in [-0.2, -0.15) is 0 Å². The molecule has 1 heterocycles. The number of thioether (sulfide) groups is 1. The van der Waals surface area contributed by atoms with Crippen molar-refractivity contribution in [3.8, 4) is 5.75 Å². The molecule has 3 heteroatoms. The number of fused-ring (bicyclic) bond motifs is 1. The number of benzene rings is 1. The lowest BCUT2D eigenvalue weighted by Gasteiger charge is -2.03. The van der Waals surface area contributed by atoms with Crippen LogP contribution in [-0.2, 0) is 11.2 Å². The topological polar surface area (TPSA) is 37.3 Å². The second-order valence-corrected chi connectivity index (χ2v) is 4.95. The smallest absolute Gasteiger partial charge is 0.130 e. The molecule has 0 bridgehead atoms. The van der Waals surface area contributed by atoms with E-state index in [0.29, 0.717) is 17.4 Å². The maximum Gasteiger partial charge on any atom is 0.130 e. The maximum absolute atomic E-state index is 11.0. The number of hydrogen-bond donors (Lipinski definition) is 1. The van der Waals surface area contributed by atoms with Gasteiger partial charge in [0.25, 0.3) is 0 Å². The van der Waals surface area contributed by atoms with E-state index >= 15 is 0 Å². The van der Waals surface area contributed by atoms with Crippen molar-refractivity contribution in [1.82, 2.24) is 0 Å². The van der Waals surface area contributed by atoms with Crippen LogP contribution in [0, 0.1) is 0 Å². The number of aromatic hydroxyl groups is 1. The minimum absolute atomic E-state index is 0.217. The molecular formula is C11H12O2S. The third-order valence-corrected chi connectivity index (χ3v) is 3.65. The predicted molar refractivity (Wildman–Crippen MR) is 56.8 cm³/mol. The molecule has 1 aromatic carbocycles. The van der Waals surface area contributed by atoms with Gasteiger partial charge in [-0.25, -0.2) is 0 Å². The first-order valence-corrected chi connectivity index (χ1v) is 5.51. The summed E-state index contributed by atoms with van der Waals surface area (Å²) < 4.78 is 0. The summed E-state index contributed by atoms with van der Waals surface area (Å²) in [5, 5.41) is 9.90. The van der Waals surface area contributed by atoms with Gasteiger partial charge in [0, 0.05) is 22.1 Å². The quantitative estimate of drug-likeness (QED) is 0.810. The molecule has 1 aliphatic heterocycles. The molecule has 2 nitrogen and oxygen atoms in total. The van der Waals surface area contributed by atoms with Crippen molar-refractivity contribution >= 4 is 17.5 Å². The van der Waals surface area contributed by atoms with E-state index in [2.05, 4.69) is 0 Å². The Morgan fingerprint density at radius 2 is 2.43 bits per heavy atom. The number of Topliss-reactive ketones (excluding diaryl/α,β-unsaturated/α-hetero) is 1. The number of rotatable bonds is 2. The summed E-state index contributed by atoms with van der Waals surface area (Å²) >= 11 is 1.70. The summed E-state index contributed by atoms with van der Waals surface area (Å²) in [7, 11) is 0. The van der Waals surface area contributed by atoms with Gasteiger partial charge >= 0.3 is 0 Å². The monoisotopic (exact) mass is 208 g/mol. The van der Waals surface area contributed by atoms with Crippen molar-refractivity contribution in [1.29, 1.82) is 0 Å². The zero-order valence-electron chi connectivity index (χ0n) is 7.99. The van der Waals surface area contributed by atoms with Crippen LogP contribution in [0.2, 0.25) is 0 Å². The Morgan fingerprint density at radius 1 is 1.64 bits per heavy atom. The highest BCUT2D eigenvalue weighted by Gasteiger charge is 2.25. The van der Waals surface area contributed by atoms with E-state index < -0.39 is 0 Å². The SMILES string of the molecule is CC(=O)CC1Cc2c(O)cccc2S1. The van der Waals surface area contributed by atoms with Gasteiger partial charge in [-0.1, -0.05) is 6.07 Å². The van der Waals surface area contributed by atoms with Crippen LogP contribution in [0.15, 0.2) is 23.1 Å². The minimum atomic E-state index is 0.217. The molecule has 0 spiro atoms. The molecule has 0 aliphatic carbocycles. The van der Waals surface area contributed by atoms with Crippen LogP contribution in [0.1, 0.15) is 18.9 Å². The zero-order valence-corrected chi connectivity index (χ0v) is 8.80. The number of phenols is 1. The summed E-state index contributed by atoms with van der Waals surface area (Å²) in [6.45, 7) is 1.61. The Morgan fingerprint density at radius 3 is 3.07 bits per heavy atom. The lowest BCUT2D eigenvalue weighted by atomic mass is 10.1. The summed E-state index contributed by atoms with van der Waals surface area (Å²) in [5.74, 6) is 0.579. The van der Waals surface area contributed by atoms with E-state index in [0.717, 1.165) is 16.9 Å². The van der Waals surface area contributed by atoms with Crippen molar-refractivity contribution < 1.29 is 9.90 Å². The van der Waals surface area contributed by atoms with E-state index in [1.165, 1.54) is 0 Å². The predicted octanol–water partition coefficient (Wildman–Crippen LogP) is 2.39. The normalized spacial score (nSPS) is 19.4. The Hall–Kier alpha value is -0.960. The first-order valence-electron chi connectivity index (χ1n) is 4.64. The van der Waals surface area contributed by atoms with Crippen molar-refractivity contribution in [2.24, 2.45) is 0 Å². The fraction of sp³-hybridized carbons (Fsp3) is 0.364. The highest BCUT2D eigenvalue weighted by Crippen LogP contribution is 2.42. The molecular weight excluding hydrogens is 196 g/mol. The number of phenolic OH excluding ortho intramolecular Hbond substituents is 1. The van der Waals surface area contributed by atoms with Crippen LogP contribution in [0.5, 0.6) is 5.75 Å². The van der Waals surface area contributed by atoms with E-state index in [4.69, 9.17) is 0 Å². The Bertz CT molecular complexity index is 374. The Kier molecular flexibility index (Phi) is 2.50. The number of carbonyl (C=O) groups excluding carboxylic acids is 1. The second kappa shape index (κ2) is 3.65. The average molecular weight is 208 g/mol. The van der Waals surface area contributed by atoms with Crippen LogP contribution in [-0.4, -0.2) is 16.1 Å². The number of carbonyl (C=O) groups is 1. The molecule has 0 saturated carbocycles. The van der Waals surface area contributed by atoms with E-state index in [9.17, 15) is 9.90 Å². The van der Waals surface area contributed by atoms with Gasteiger partial charge in [-0.15, -0.1) is 11.8 Å². The van der Waals surface area contributed by atoms with Crippen LogP contribution < -0.4 is 0 Å². The molecule has 1 atom stereocenters. The molecule has 74 valence electrons. The largest absolute Gasteiger partial charge is 0.508 e. The molecule has 2 rings (SSSR count). The highest BCUT2D eigenvalue weighted by atomic mass is 32.2. The maximum atomic E-state index is 11.0. The summed E-state index contributed by atoms with van der Waals surface area (Å²) in [5.41, 5.74) is 1.00. The average Bonchev–Trinajstić information content (AvgIpc) is 2.47.